The largest absolute Gasteiger partial charge is 0.399 e. The minimum absolute atomic E-state index is 0.201. The predicted molar refractivity (Wildman–Crippen MR) is 91.6 cm³/mol. The van der Waals surface area contributed by atoms with E-state index in [4.69, 9.17) is 16.4 Å². The molecule has 0 spiro atoms. The Morgan fingerprint density at radius 1 is 1.26 bits per heavy atom. The van der Waals surface area contributed by atoms with Crippen LogP contribution in [0.2, 0.25) is 5.02 Å². The summed E-state index contributed by atoms with van der Waals surface area (Å²) in [4.78, 5) is 22.8. The smallest absolute Gasteiger partial charge is 0.267 e. The second kappa shape index (κ2) is 6.85. The van der Waals surface area contributed by atoms with E-state index in [0.717, 1.165) is 4.90 Å². The van der Waals surface area contributed by atoms with Crippen LogP contribution >= 0.6 is 23.4 Å². The Morgan fingerprint density at radius 3 is 2.78 bits per heavy atom. The third-order valence-electron chi connectivity index (χ3n) is 3.05. The summed E-state index contributed by atoms with van der Waals surface area (Å²) in [6.45, 7) is 0. The summed E-state index contributed by atoms with van der Waals surface area (Å²) in [6, 6.07) is 12.7. The Morgan fingerprint density at radius 2 is 2.04 bits per heavy atom. The first-order valence-electron chi connectivity index (χ1n) is 6.70. The zero-order valence-electron chi connectivity index (χ0n) is 12.1. The second-order valence-corrected chi connectivity index (χ2v) is 6.04. The molecule has 0 amide bonds. The Balaban J connectivity index is 2.15. The Labute approximate surface area is 141 Å². The van der Waals surface area contributed by atoms with Crippen molar-refractivity contribution in [2.24, 2.45) is 5.16 Å². The molecule has 0 bridgehead atoms. The molecule has 23 heavy (non-hydrogen) atoms. The molecule has 1 aromatic carbocycles. The highest BCUT2D eigenvalue weighted by atomic mass is 35.5. The lowest BCUT2D eigenvalue weighted by atomic mass is 10.3. The van der Waals surface area contributed by atoms with Gasteiger partial charge in [-0.25, -0.2) is 4.98 Å². The van der Waals surface area contributed by atoms with Crippen molar-refractivity contribution < 1.29 is 4.84 Å². The molecule has 0 radical (unpaired) electrons. The fourth-order valence-electron chi connectivity index (χ4n) is 1.99. The average molecular weight is 346 g/mol. The number of hydrogen-bond donors (Lipinski definition) is 0. The van der Waals surface area contributed by atoms with E-state index in [9.17, 15) is 4.79 Å². The number of benzene rings is 1. The summed E-state index contributed by atoms with van der Waals surface area (Å²) in [7, 11) is 1.43. The lowest BCUT2D eigenvalue weighted by Gasteiger charge is -2.07. The fraction of sp³-hybridized carbons (Fsp3) is 0.0625. The van der Waals surface area contributed by atoms with Crippen LogP contribution in [0.3, 0.4) is 0 Å². The van der Waals surface area contributed by atoms with Crippen molar-refractivity contribution in [2.75, 3.05) is 7.11 Å². The normalized spacial score (nSPS) is 11.2. The molecule has 0 aliphatic heterocycles. The molecule has 0 aliphatic carbocycles. The minimum Gasteiger partial charge on any atom is -0.399 e. The van der Waals surface area contributed by atoms with Crippen molar-refractivity contribution in [2.45, 2.75) is 9.92 Å². The van der Waals surface area contributed by atoms with Gasteiger partial charge in [0.2, 0.25) is 0 Å². The molecule has 0 saturated heterocycles. The van der Waals surface area contributed by atoms with Gasteiger partial charge in [0, 0.05) is 16.1 Å². The summed E-state index contributed by atoms with van der Waals surface area (Å²) in [6.07, 6.45) is 3.05. The van der Waals surface area contributed by atoms with Crippen LogP contribution in [0.25, 0.3) is 5.65 Å². The molecule has 3 rings (SSSR count). The molecule has 0 atom stereocenters. The number of nitrogens with zero attached hydrogens (tertiary/aromatic N) is 3. The van der Waals surface area contributed by atoms with Crippen LogP contribution in [-0.2, 0) is 4.84 Å². The van der Waals surface area contributed by atoms with Crippen LogP contribution in [0.5, 0.6) is 0 Å². The van der Waals surface area contributed by atoms with Gasteiger partial charge in [-0.15, -0.1) is 0 Å². The fourth-order valence-corrected chi connectivity index (χ4v) is 3.00. The topological polar surface area (TPSA) is 56.0 Å². The monoisotopic (exact) mass is 345 g/mol. The lowest BCUT2D eigenvalue weighted by Crippen LogP contribution is -2.20. The van der Waals surface area contributed by atoms with Crippen molar-refractivity contribution >= 4 is 35.2 Å². The van der Waals surface area contributed by atoms with E-state index in [0.29, 0.717) is 21.3 Å². The first kappa shape index (κ1) is 15.6. The third-order valence-corrected chi connectivity index (χ3v) is 4.31. The van der Waals surface area contributed by atoms with Gasteiger partial charge in [-0.05, 0) is 36.4 Å². The van der Waals surface area contributed by atoms with Gasteiger partial charge in [-0.1, -0.05) is 34.6 Å². The number of oxime groups is 1. The van der Waals surface area contributed by atoms with Gasteiger partial charge < -0.3 is 4.84 Å². The highest BCUT2D eigenvalue weighted by Gasteiger charge is 2.12. The van der Waals surface area contributed by atoms with Gasteiger partial charge in [0.15, 0.2) is 0 Å². The van der Waals surface area contributed by atoms with Gasteiger partial charge in [0.05, 0.1) is 11.8 Å². The minimum atomic E-state index is -0.201. The molecule has 3 aromatic rings. The first-order valence-corrected chi connectivity index (χ1v) is 7.90. The van der Waals surface area contributed by atoms with Gasteiger partial charge in [0.1, 0.15) is 17.8 Å². The van der Waals surface area contributed by atoms with Gasteiger partial charge in [-0.3, -0.25) is 9.20 Å². The number of fused-ring (bicyclic) bond motifs is 1. The summed E-state index contributed by atoms with van der Waals surface area (Å²) < 4.78 is 1.48. The zero-order chi connectivity index (χ0) is 16.2. The number of hydrogen-bond acceptors (Lipinski definition) is 5. The molecule has 0 aliphatic rings. The highest BCUT2D eigenvalue weighted by Crippen LogP contribution is 2.28. The number of aromatic nitrogens is 2. The zero-order valence-corrected chi connectivity index (χ0v) is 13.7. The van der Waals surface area contributed by atoms with E-state index in [1.807, 2.05) is 18.2 Å². The van der Waals surface area contributed by atoms with Crippen molar-refractivity contribution in [3.05, 3.63) is 69.6 Å². The first-order chi connectivity index (χ1) is 11.2. The van der Waals surface area contributed by atoms with Crippen molar-refractivity contribution in [3.63, 3.8) is 0 Å². The second-order valence-electron chi connectivity index (χ2n) is 4.54. The van der Waals surface area contributed by atoms with E-state index < -0.39 is 0 Å². The maximum absolute atomic E-state index is 12.6. The molecule has 0 unspecified atom stereocenters. The summed E-state index contributed by atoms with van der Waals surface area (Å²) >= 11 is 7.27. The van der Waals surface area contributed by atoms with Gasteiger partial charge in [-0.2, -0.15) is 0 Å². The molecule has 0 N–H and O–H groups in total. The standard InChI is InChI=1S/C16H12ClN3O2S/c1-22-18-10-13-15(23-12-7-5-11(17)6-8-12)19-14-4-2-3-9-20(14)16(13)21/h2-10H,1H3/b18-10+. The molecular formula is C16H12ClN3O2S. The molecule has 2 aromatic heterocycles. The average Bonchev–Trinajstić information content (AvgIpc) is 2.57. The van der Waals surface area contributed by atoms with E-state index in [1.54, 1.807) is 30.5 Å². The number of rotatable bonds is 4. The molecule has 0 fully saturated rings. The Bertz CT molecular complexity index is 923. The maximum atomic E-state index is 12.6. The van der Waals surface area contributed by atoms with Crippen LogP contribution in [0, 0.1) is 0 Å². The van der Waals surface area contributed by atoms with Crippen LogP contribution in [-0.4, -0.2) is 22.7 Å². The van der Waals surface area contributed by atoms with Crippen molar-refractivity contribution in [1.82, 2.24) is 9.38 Å². The van der Waals surface area contributed by atoms with Crippen LogP contribution in [0.15, 0.2) is 68.5 Å². The maximum Gasteiger partial charge on any atom is 0.267 e. The molecule has 5 nitrogen and oxygen atoms in total. The molecule has 0 saturated carbocycles. The number of pyridine rings is 1. The molecular weight excluding hydrogens is 334 g/mol. The van der Waals surface area contributed by atoms with Crippen LogP contribution in [0.4, 0.5) is 0 Å². The highest BCUT2D eigenvalue weighted by molar-refractivity contribution is 7.99. The van der Waals surface area contributed by atoms with Crippen LogP contribution < -0.4 is 5.56 Å². The summed E-state index contributed by atoms with van der Waals surface area (Å²) in [5.41, 5.74) is 0.742. The SMILES string of the molecule is CO/N=C/c1c(Sc2ccc(Cl)cc2)nc2ccccn2c1=O. The van der Waals surface area contributed by atoms with Crippen molar-refractivity contribution in [1.29, 1.82) is 0 Å². The van der Waals surface area contributed by atoms with Crippen LogP contribution in [0.1, 0.15) is 5.56 Å². The third kappa shape index (κ3) is 3.38. The summed E-state index contributed by atoms with van der Waals surface area (Å²) in [5.74, 6) is 0. The summed E-state index contributed by atoms with van der Waals surface area (Å²) in [5, 5.41) is 4.93. The van der Waals surface area contributed by atoms with Crippen molar-refractivity contribution in [3.8, 4) is 0 Å². The van der Waals surface area contributed by atoms with Gasteiger partial charge >= 0.3 is 0 Å². The Hall–Kier alpha value is -2.31. The quantitative estimate of drug-likeness (QED) is 0.412. The van der Waals surface area contributed by atoms with E-state index in [-0.39, 0.29) is 5.56 Å². The van der Waals surface area contributed by atoms with Gasteiger partial charge in [0.25, 0.3) is 5.56 Å². The van der Waals surface area contributed by atoms with E-state index >= 15 is 0 Å². The Kier molecular flexibility index (Phi) is 4.64. The van der Waals surface area contributed by atoms with E-state index in [1.165, 1.54) is 29.5 Å². The molecule has 116 valence electrons. The lowest BCUT2D eigenvalue weighted by molar-refractivity contribution is 0.215. The van der Waals surface area contributed by atoms with E-state index in [2.05, 4.69) is 10.1 Å². The molecule has 7 heteroatoms. The molecule has 2 heterocycles. The number of halogens is 1. The predicted octanol–water partition coefficient (Wildman–Crippen LogP) is 3.48.